The van der Waals surface area contributed by atoms with Crippen LogP contribution < -0.4 is 10.9 Å². The standard InChI is InChI=1S/C18H17N5O4S/c1-2-27-17(26)10-3-5-11(6-4-10)20-14(24)7-12-9-28-18-21-15-13(8-19-22-15)16(25)23(12)18/h3-6,8,12H,2,7,9H2,1H3,(H,19,22)(H,20,24)/t12-/m0/s1. The van der Waals surface area contributed by atoms with Gasteiger partial charge in [0.05, 0.1) is 24.4 Å². The number of hydrogen-bond acceptors (Lipinski definition) is 7. The van der Waals surface area contributed by atoms with Gasteiger partial charge in [0.25, 0.3) is 5.56 Å². The molecule has 1 atom stereocenters. The maximum absolute atomic E-state index is 12.7. The number of esters is 1. The third-order valence-corrected chi connectivity index (χ3v) is 5.45. The fourth-order valence-corrected chi connectivity index (χ4v) is 4.17. The number of thioether (sulfide) groups is 1. The van der Waals surface area contributed by atoms with Gasteiger partial charge in [0.15, 0.2) is 10.8 Å². The van der Waals surface area contributed by atoms with Gasteiger partial charge in [-0.2, -0.15) is 5.10 Å². The Bertz CT molecular complexity index is 1110. The van der Waals surface area contributed by atoms with Gasteiger partial charge in [-0.05, 0) is 31.2 Å². The molecule has 1 aliphatic heterocycles. The monoisotopic (exact) mass is 399 g/mol. The zero-order chi connectivity index (χ0) is 19.7. The summed E-state index contributed by atoms with van der Waals surface area (Å²) in [6.07, 6.45) is 1.59. The number of anilines is 1. The Morgan fingerprint density at radius 2 is 2.14 bits per heavy atom. The third-order valence-electron chi connectivity index (χ3n) is 4.35. The minimum atomic E-state index is -0.405. The van der Waals surface area contributed by atoms with Crippen LogP contribution in [0.3, 0.4) is 0 Å². The van der Waals surface area contributed by atoms with E-state index in [9.17, 15) is 14.4 Å². The summed E-state index contributed by atoms with van der Waals surface area (Å²) in [5.41, 5.74) is 1.24. The molecular weight excluding hydrogens is 382 g/mol. The molecular formula is C18H17N5O4S. The zero-order valence-corrected chi connectivity index (χ0v) is 15.8. The van der Waals surface area contributed by atoms with Gasteiger partial charge in [0.1, 0.15) is 5.39 Å². The van der Waals surface area contributed by atoms with E-state index in [0.717, 1.165) is 0 Å². The number of aromatic nitrogens is 4. The van der Waals surface area contributed by atoms with Crippen LogP contribution in [0, 0.1) is 0 Å². The van der Waals surface area contributed by atoms with Crippen LogP contribution in [-0.2, 0) is 9.53 Å². The Morgan fingerprint density at radius 3 is 2.89 bits per heavy atom. The van der Waals surface area contributed by atoms with Crippen molar-refractivity contribution in [3.05, 3.63) is 46.4 Å². The van der Waals surface area contributed by atoms with Crippen molar-refractivity contribution in [1.82, 2.24) is 19.7 Å². The van der Waals surface area contributed by atoms with Crippen LogP contribution in [0.1, 0.15) is 29.7 Å². The summed E-state index contributed by atoms with van der Waals surface area (Å²) in [6.45, 7) is 2.04. The van der Waals surface area contributed by atoms with Crippen LogP contribution in [0.25, 0.3) is 11.0 Å². The number of carbonyl (C=O) groups excluding carboxylic acids is 2. The molecule has 4 rings (SSSR count). The van der Waals surface area contributed by atoms with Crippen molar-refractivity contribution in [2.75, 3.05) is 17.7 Å². The number of carbonyl (C=O) groups is 2. The topological polar surface area (TPSA) is 119 Å². The number of nitrogens with one attached hydrogen (secondary N) is 2. The van der Waals surface area contributed by atoms with Gasteiger partial charge in [-0.1, -0.05) is 11.8 Å². The van der Waals surface area contributed by atoms with Gasteiger partial charge >= 0.3 is 5.97 Å². The number of fused-ring (bicyclic) bond motifs is 2. The number of aromatic amines is 1. The first kappa shape index (κ1) is 18.2. The van der Waals surface area contributed by atoms with Gasteiger partial charge in [-0.25, -0.2) is 9.78 Å². The van der Waals surface area contributed by atoms with E-state index in [-0.39, 0.29) is 23.9 Å². The van der Waals surface area contributed by atoms with Crippen LogP contribution >= 0.6 is 11.8 Å². The Hall–Kier alpha value is -3.14. The van der Waals surface area contributed by atoms with Gasteiger partial charge < -0.3 is 10.1 Å². The van der Waals surface area contributed by atoms with Gasteiger partial charge in [-0.15, -0.1) is 0 Å². The lowest BCUT2D eigenvalue weighted by Gasteiger charge is -2.13. The average molecular weight is 399 g/mol. The lowest BCUT2D eigenvalue weighted by molar-refractivity contribution is -0.116. The Morgan fingerprint density at radius 1 is 1.36 bits per heavy atom. The Balaban J connectivity index is 1.46. The van der Waals surface area contributed by atoms with E-state index in [1.165, 1.54) is 18.0 Å². The van der Waals surface area contributed by atoms with E-state index in [0.29, 0.717) is 39.8 Å². The first-order valence-electron chi connectivity index (χ1n) is 8.72. The normalized spacial score (nSPS) is 15.4. The molecule has 0 bridgehead atoms. The number of H-pyrrole nitrogens is 1. The summed E-state index contributed by atoms with van der Waals surface area (Å²) in [5, 5.41) is 10.3. The number of amides is 1. The number of rotatable bonds is 5. The summed E-state index contributed by atoms with van der Waals surface area (Å²) in [6, 6.07) is 6.20. The van der Waals surface area contributed by atoms with E-state index < -0.39 is 5.97 Å². The highest BCUT2D eigenvalue weighted by atomic mass is 32.2. The first-order valence-corrected chi connectivity index (χ1v) is 9.71. The van der Waals surface area contributed by atoms with Crippen molar-refractivity contribution in [3.63, 3.8) is 0 Å². The van der Waals surface area contributed by atoms with Crippen molar-refractivity contribution in [2.24, 2.45) is 0 Å². The maximum Gasteiger partial charge on any atom is 0.338 e. The minimum Gasteiger partial charge on any atom is -0.462 e. The second kappa shape index (κ2) is 7.47. The Kier molecular flexibility index (Phi) is 4.86. The number of nitrogens with zero attached hydrogens (tertiary/aromatic N) is 3. The molecule has 0 spiro atoms. The molecule has 0 fully saturated rings. The molecule has 3 heterocycles. The van der Waals surface area contributed by atoms with Crippen molar-refractivity contribution >= 4 is 40.4 Å². The highest BCUT2D eigenvalue weighted by Crippen LogP contribution is 2.33. The highest BCUT2D eigenvalue weighted by Gasteiger charge is 2.28. The third kappa shape index (κ3) is 3.38. The van der Waals surface area contributed by atoms with E-state index in [1.54, 1.807) is 35.8 Å². The predicted molar refractivity (Wildman–Crippen MR) is 104 cm³/mol. The van der Waals surface area contributed by atoms with Crippen LogP contribution in [-0.4, -0.2) is 44.0 Å². The molecule has 144 valence electrons. The quantitative estimate of drug-likeness (QED) is 0.497. The van der Waals surface area contributed by atoms with Crippen LogP contribution in [0.15, 0.2) is 40.4 Å². The van der Waals surface area contributed by atoms with E-state index in [1.807, 2.05) is 0 Å². The lowest BCUT2D eigenvalue weighted by Crippen LogP contribution is -2.27. The number of benzene rings is 1. The van der Waals surface area contributed by atoms with E-state index >= 15 is 0 Å². The molecule has 2 aromatic heterocycles. The molecule has 1 amide bonds. The molecule has 1 aliphatic rings. The summed E-state index contributed by atoms with van der Waals surface area (Å²) in [4.78, 5) is 41.2. The maximum atomic E-state index is 12.7. The molecule has 1 aromatic carbocycles. The zero-order valence-electron chi connectivity index (χ0n) is 15.0. The molecule has 0 radical (unpaired) electrons. The predicted octanol–water partition coefficient (Wildman–Crippen LogP) is 1.97. The molecule has 10 heteroatoms. The summed E-state index contributed by atoms with van der Waals surface area (Å²) in [5.74, 6) is -0.0313. The molecule has 0 saturated carbocycles. The number of hydrogen-bond donors (Lipinski definition) is 2. The molecule has 28 heavy (non-hydrogen) atoms. The van der Waals surface area contributed by atoms with Gasteiger partial charge in [-0.3, -0.25) is 19.3 Å². The molecule has 2 N–H and O–H groups in total. The first-order chi connectivity index (χ1) is 13.6. The van der Waals surface area contributed by atoms with Gasteiger partial charge in [0.2, 0.25) is 5.91 Å². The average Bonchev–Trinajstić information content (AvgIpc) is 3.30. The fraction of sp³-hybridized carbons (Fsp3) is 0.278. The molecule has 0 unspecified atom stereocenters. The fourth-order valence-electron chi connectivity index (χ4n) is 3.04. The van der Waals surface area contributed by atoms with Crippen molar-refractivity contribution < 1.29 is 14.3 Å². The minimum absolute atomic E-state index is 0.143. The molecule has 0 saturated heterocycles. The van der Waals surface area contributed by atoms with Crippen LogP contribution in [0.4, 0.5) is 5.69 Å². The van der Waals surface area contributed by atoms with Crippen molar-refractivity contribution in [2.45, 2.75) is 24.5 Å². The van der Waals surface area contributed by atoms with Gasteiger partial charge in [0, 0.05) is 17.9 Å². The van der Waals surface area contributed by atoms with Crippen LogP contribution in [0.5, 0.6) is 0 Å². The molecule has 0 aliphatic carbocycles. The summed E-state index contributed by atoms with van der Waals surface area (Å²) < 4.78 is 6.49. The Labute approximate surface area is 163 Å². The molecule has 3 aromatic rings. The SMILES string of the molecule is CCOC(=O)c1ccc(NC(=O)C[C@H]2CSc3nc4[nH]ncc4c(=O)n32)cc1. The summed E-state index contributed by atoms with van der Waals surface area (Å²) in [7, 11) is 0. The second-order valence-electron chi connectivity index (χ2n) is 6.22. The second-order valence-corrected chi connectivity index (χ2v) is 7.20. The lowest BCUT2D eigenvalue weighted by atomic mass is 10.2. The van der Waals surface area contributed by atoms with Crippen LogP contribution in [0.2, 0.25) is 0 Å². The molecule has 9 nitrogen and oxygen atoms in total. The smallest absolute Gasteiger partial charge is 0.338 e. The summed E-state index contributed by atoms with van der Waals surface area (Å²) >= 11 is 1.44. The number of ether oxygens (including phenoxy) is 1. The van der Waals surface area contributed by atoms with E-state index in [4.69, 9.17) is 4.74 Å². The van der Waals surface area contributed by atoms with Crippen molar-refractivity contribution in [1.29, 1.82) is 0 Å². The highest BCUT2D eigenvalue weighted by molar-refractivity contribution is 7.99. The van der Waals surface area contributed by atoms with E-state index in [2.05, 4.69) is 20.5 Å². The largest absolute Gasteiger partial charge is 0.462 e. The van der Waals surface area contributed by atoms with Crippen molar-refractivity contribution in [3.8, 4) is 0 Å².